The normalized spacial score (nSPS) is 10.8. The van der Waals surface area contributed by atoms with Gasteiger partial charge in [0.15, 0.2) is 0 Å². The van der Waals surface area contributed by atoms with E-state index in [1.54, 1.807) is 38.1 Å². The highest BCUT2D eigenvalue weighted by Crippen LogP contribution is 2.24. The molecule has 2 aromatic rings. The van der Waals surface area contributed by atoms with E-state index in [0.29, 0.717) is 0 Å². The van der Waals surface area contributed by atoms with E-state index in [0.717, 1.165) is 11.1 Å². The summed E-state index contributed by atoms with van der Waals surface area (Å²) in [7, 11) is 0. The molecule has 28 heavy (non-hydrogen) atoms. The van der Waals surface area contributed by atoms with Gasteiger partial charge in [-0.25, -0.2) is 14.4 Å². The van der Waals surface area contributed by atoms with Crippen LogP contribution in [0.4, 0.5) is 0 Å². The topological polar surface area (TPSA) is 127 Å². The molecule has 0 aliphatic rings. The number of ether oxygens (including phenoxy) is 2. The number of carbonyl (C=O) groups excluding carboxylic acids is 2. The maximum Gasteiger partial charge on any atom is 0.391 e. The van der Waals surface area contributed by atoms with E-state index in [-0.39, 0.29) is 11.1 Å². The summed E-state index contributed by atoms with van der Waals surface area (Å²) in [5.74, 6) is -8.84. The van der Waals surface area contributed by atoms with Crippen molar-refractivity contribution in [1.29, 1.82) is 0 Å². The van der Waals surface area contributed by atoms with Gasteiger partial charge in [0, 0.05) is 0 Å². The Balaban J connectivity index is 2.35. The van der Waals surface area contributed by atoms with Gasteiger partial charge in [0.2, 0.25) is 0 Å². The second-order valence-electron chi connectivity index (χ2n) is 6.14. The van der Waals surface area contributed by atoms with Crippen molar-refractivity contribution < 1.29 is 38.9 Å². The predicted molar refractivity (Wildman–Crippen MR) is 95.8 cm³/mol. The zero-order valence-electron chi connectivity index (χ0n) is 15.2. The fourth-order valence-corrected chi connectivity index (χ4v) is 2.25. The zero-order chi connectivity index (χ0) is 20.9. The SMILES string of the molecule is Cc1ccc(C(=O)OC(CC(=O)O)(OC(=O)c2ccc(C)cc2)C(=O)O)cc1. The van der Waals surface area contributed by atoms with Crippen molar-refractivity contribution in [3.05, 3.63) is 70.8 Å². The molecule has 0 bridgehead atoms. The smallest absolute Gasteiger partial charge is 0.391 e. The average Bonchev–Trinajstić information content (AvgIpc) is 2.61. The van der Waals surface area contributed by atoms with Gasteiger partial charge in [-0.3, -0.25) is 4.79 Å². The molecule has 0 aliphatic carbocycles. The van der Waals surface area contributed by atoms with Crippen LogP contribution in [0.2, 0.25) is 0 Å². The van der Waals surface area contributed by atoms with Crippen LogP contribution in [0, 0.1) is 13.8 Å². The van der Waals surface area contributed by atoms with Crippen LogP contribution in [0.3, 0.4) is 0 Å². The molecule has 0 saturated heterocycles. The summed E-state index contributed by atoms with van der Waals surface area (Å²) in [4.78, 5) is 47.7. The van der Waals surface area contributed by atoms with Crippen LogP contribution in [0.5, 0.6) is 0 Å². The molecule has 0 atom stereocenters. The Labute approximate surface area is 160 Å². The molecule has 0 heterocycles. The fourth-order valence-electron chi connectivity index (χ4n) is 2.25. The lowest BCUT2D eigenvalue weighted by Gasteiger charge is -2.27. The molecule has 0 saturated carbocycles. The number of esters is 2. The van der Waals surface area contributed by atoms with Crippen molar-refractivity contribution >= 4 is 23.9 Å². The molecular formula is C20H18O8. The summed E-state index contributed by atoms with van der Waals surface area (Å²) in [6.45, 7) is 3.56. The molecule has 0 radical (unpaired) electrons. The van der Waals surface area contributed by atoms with E-state index in [2.05, 4.69) is 0 Å². The summed E-state index contributed by atoms with van der Waals surface area (Å²) in [6.07, 6.45) is -1.27. The van der Waals surface area contributed by atoms with Crippen molar-refractivity contribution in [2.24, 2.45) is 0 Å². The number of aliphatic carboxylic acids is 2. The monoisotopic (exact) mass is 386 g/mol. The van der Waals surface area contributed by atoms with E-state index in [1.165, 1.54) is 24.3 Å². The maximum absolute atomic E-state index is 12.4. The van der Waals surface area contributed by atoms with Crippen LogP contribution >= 0.6 is 0 Å². The van der Waals surface area contributed by atoms with Crippen LogP contribution < -0.4 is 0 Å². The molecule has 2 aromatic carbocycles. The number of hydrogen-bond acceptors (Lipinski definition) is 6. The number of benzene rings is 2. The Hall–Kier alpha value is -3.68. The fraction of sp³-hybridized carbons (Fsp3) is 0.200. The van der Waals surface area contributed by atoms with E-state index in [9.17, 15) is 24.3 Å². The van der Waals surface area contributed by atoms with Gasteiger partial charge in [0.1, 0.15) is 6.42 Å². The van der Waals surface area contributed by atoms with Gasteiger partial charge < -0.3 is 19.7 Å². The predicted octanol–water partition coefficient (Wildman–Crippen LogP) is 2.57. The van der Waals surface area contributed by atoms with Crippen molar-refractivity contribution in [3.63, 3.8) is 0 Å². The van der Waals surface area contributed by atoms with Crippen LogP contribution in [-0.2, 0) is 19.1 Å². The number of carboxylic acid groups (broad SMARTS) is 2. The van der Waals surface area contributed by atoms with Crippen LogP contribution in [0.15, 0.2) is 48.5 Å². The summed E-state index contributed by atoms with van der Waals surface area (Å²) >= 11 is 0. The van der Waals surface area contributed by atoms with Crippen molar-refractivity contribution in [1.82, 2.24) is 0 Å². The van der Waals surface area contributed by atoms with Crippen LogP contribution in [0.25, 0.3) is 0 Å². The Kier molecular flexibility index (Phi) is 6.15. The number of rotatable bonds is 7. The molecule has 0 aromatic heterocycles. The van der Waals surface area contributed by atoms with Crippen LogP contribution in [0.1, 0.15) is 38.3 Å². The standard InChI is InChI=1S/C20H18O8/c1-12-3-7-14(8-4-12)17(23)27-20(19(25)26,11-16(21)22)28-18(24)15-9-5-13(2)6-10-15/h3-10H,11H2,1-2H3,(H,21,22)(H,25,26). The number of hydrogen-bond donors (Lipinski definition) is 2. The van der Waals surface area contributed by atoms with E-state index >= 15 is 0 Å². The van der Waals surface area contributed by atoms with Gasteiger partial charge in [0.25, 0.3) is 0 Å². The molecule has 8 heteroatoms. The summed E-state index contributed by atoms with van der Waals surface area (Å²) < 4.78 is 9.78. The molecule has 0 spiro atoms. The third-order valence-electron chi connectivity index (χ3n) is 3.80. The van der Waals surface area contributed by atoms with Gasteiger partial charge in [0.05, 0.1) is 11.1 Å². The lowest BCUT2D eigenvalue weighted by Crippen LogP contribution is -2.49. The lowest BCUT2D eigenvalue weighted by molar-refractivity contribution is -0.209. The van der Waals surface area contributed by atoms with Crippen molar-refractivity contribution in [3.8, 4) is 0 Å². The molecule has 0 aliphatic heterocycles. The molecule has 0 amide bonds. The number of carboxylic acids is 2. The molecule has 146 valence electrons. The highest BCUT2D eigenvalue weighted by molar-refractivity contribution is 5.96. The highest BCUT2D eigenvalue weighted by atomic mass is 16.7. The quantitative estimate of drug-likeness (QED) is 0.549. The Morgan fingerprint density at radius 3 is 1.39 bits per heavy atom. The van der Waals surface area contributed by atoms with Gasteiger partial charge in [-0.15, -0.1) is 0 Å². The molecule has 0 fully saturated rings. The molecule has 0 unspecified atom stereocenters. The Morgan fingerprint density at radius 2 is 1.11 bits per heavy atom. The summed E-state index contributed by atoms with van der Waals surface area (Å²) in [5, 5.41) is 18.6. The van der Waals surface area contributed by atoms with E-state index in [4.69, 9.17) is 14.6 Å². The van der Waals surface area contributed by atoms with Crippen molar-refractivity contribution in [2.45, 2.75) is 26.1 Å². The molecule has 2 N–H and O–H groups in total. The minimum Gasteiger partial charge on any atom is -0.481 e. The molecule has 2 rings (SSSR count). The van der Waals surface area contributed by atoms with E-state index in [1.807, 2.05) is 0 Å². The number of aryl methyl sites for hydroxylation is 2. The Bertz CT molecular complexity index is 837. The minimum atomic E-state index is -3.02. The first-order chi connectivity index (χ1) is 13.1. The highest BCUT2D eigenvalue weighted by Gasteiger charge is 2.50. The van der Waals surface area contributed by atoms with Gasteiger partial charge >= 0.3 is 29.7 Å². The third kappa shape index (κ3) is 4.94. The van der Waals surface area contributed by atoms with Gasteiger partial charge in [-0.1, -0.05) is 35.4 Å². The second kappa shape index (κ2) is 8.34. The summed E-state index contributed by atoms with van der Waals surface area (Å²) in [6, 6.07) is 11.9. The third-order valence-corrected chi connectivity index (χ3v) is 3.80. The minimum absolute atomic E-state index is 0.0204. The van der Waals surface area contributed by atoms with E-state index < -0.39 is 36.1 Å². The molecular weight excluding hydrogens is 368 g/mol. The lowest BCUT2D eigenvalue weighted by atomic mass is 10.1. The summed E-state index contributed by atoms with van der Waals surface area (Å²) in [5.41, 5.74) is 1.65. The number of carbonyl (C=O) groups is 4. The maximum atomic E-state index is 12.4. The van der Waals surface area contributed by atoms with Gasteiger partial charge in [-0.05, 0) is 38.1 Å². The first kappa shape index (κ1) is 20.6. The largest absolute Gasteiger partial charge is 0.481 e. The first-order valence-corrected chi connectivity index (χ1v) is 8.18. The molecule has 8 nitrogen and oxygen atoms in total. The van der Waals surface area contributed by atoms with Crippen LogP contribution in [-0.4, -0.2) is 39.9 Å². The average molecular weight is 386 g/mol. The second-order valence-corrected chi connectivity index (χ2v) is 6.14. The Morgan fingerprint density at radius 1 is 0.750 bits per heavy atom. The first-order valence-electron chi connectivity index (χ1n) is 8.18. The zero-order valence-corrected chi connectivity index (χ0v) is 15.2. The van der Waals surface area contributed by atoms with Gasteiger partial charge in [-0.2, -0.15) is 0 Å². The van der Waals surface area contributed by atoms with Crippen molar-refractivity contribution in [2.75, 3.05) is 0 Å².